The lowest BCUT2D eigenvalue weighted by atomic mass is 10.2. The van der Waals surface area contributed by atoms with Crippen LogP contribution in [0.4, 0.5) is 0 Å². The predicted molar refractivity (Wildman–Crippen MR) is 131 cm³/mol. The first-order valence-corrected chi connectivity index (χ1v) is 15.5. The Labute approximate surface area is 200 Å². The zero-order chi connectivity index (χ0) is 24.4. The van der Waals surface area contributed by atoms with Crippen LogP contribution in [-0.2, 0) is 31.2 Å². The van der Waals surface area contributed by atoms with Gasteiger partial charge in [0.25, 0.3) is 0 Å². The summed E-state index contributed by atoms with van der Waals surface area (Å²) >= 11 is 1.29. The number of rotatable bonds is 10. The van der Waals surface area contributed by atoms with Crippen LogP contribution in [0, 0.1) is 0 Å². The van der Waals surface area contributed by atoms with Gasteiger partial charge in [0.2, 0.25) is 15.9 Å². The van der Waals surface area contributed by atoms with E-state index < -0.39 is 19.9 Å². The summed E-state index contributed by atoms with van der Waals surface area (Å²) in [5.41, 5.74) is 1.37. The van der Waals surface area contributed by atoms with Gasteiger partial charge in [0.1, 0.15) is 0 Å². The van der Waals surface area contributed by atoms with Crippen LogP contribution in [0.5, 0.6) is 0 Å². The molecule has 2 aromatic rings. The molecule has 184 valence electrons. The second-order valence-electron chi connectivity index (χ2n) is 7.90. The van der Waals surface area contributed by atoms with Crippen molar-refractivity contribution in [1.82, 2.24) is 18.8 Å². The van der Waals surface area contributed by atoms with Crippen molar-refractivity contribution in [1.29, 1.82) is 0 Å². The number of hydrogen-bond donors (Lipinski definition) is 0. The van der Waals surface area contributed by atoms with E-state index in [9.17, 15) is 21.6 Å². The number of hydrogen-bond acceptors (Lipinski definition) is 7. The number of imidazole rings is 1. The summed E-state index contributed by atoms with van der Waals surface area (Å²) in [4.78, 5) is 19.3. The lowest BCUT2D eigenvalue weighted by molar-refractivity contribution is -0.129. The molecule has 0 radical (unpaired) electrons. The van der Waals surface area contributed by atoms with Crippen LogP contribution < -0.4 is 0 Å². The predicted octanol–water partition coefficient (Wildman–Crippen LogP) is 2.21. The van der Waals surface area contributed by atoms with Crippen LogP contribution in [0.25, 0.3) is 11.0 Å². The number of fused-ring (bicyclic) bond motifs is 1. The Morgan fingerprint density at radius 1 is 1.18 bits per heavy atom. The molecule has 1 saturated heterocycles. The standard InChI is InChI=1S/C21H32N4O5S3/c1-5-23(6-2)33(29,30)17-9-10-19-18(13-17)22-21(25(19)8-4)31-14-20(26)24(7-3)16-11-12-32(27,28)15-16/h9-10,13,16H,5-8,11-12,14-15H2,1-4H3/t16-/m1/s1. The van der Waals surface area contributed by atoms with Crippen LogP contribution in [0.2, 0.25) is 0 Å². The smallest absolute Gasteiger partial charge is 0.243 e. The van der Waals surface area contributed by atoms with Gasteiger partial charge in [0.05, 0.1) is 33.2 Å². The maximum absolute atomic E-state index is 12.9. The summed E-state index contributed by atoms with van der Waals surface area (Å²) in [6.45, 7) is 9.28. The molecule has 12 heteroatoms. The second kappa shape index (κ2) is 10.3. The number of sulfone groups is 1. The number of carbonyl (C=O) groups excluding carboxylic acids is 1. The van der Waals surface area contributed by atoms with Crippen LogP contribution in [0.15, 0.2) is 28.3 Å². The molecule has 0 unspecified atom stereocenters. The summed E-state index contributed by atoms with van der Waals surface area (Å²) in [6.07, 6.45) is 0.476. The van der Waals surface area contributed by atoms with E-state index >= 15 is 0 Å². The van der Waals surface area contributed by atoms with Gasteiger partial charge in [0.15, 0.2) is 15.0 Å². The van der Waals surface area contributed by atoms with E-state index in [1.807, 2.05) is 18.4 Å². The normalized spacial score (nSPS) is 18.3. The molecule has 1 aliphatic heterocycles. The number of sulfonamides is 1. The van der Waals surface area contributed by atoms with Crippen molar-refractivity contribution in [3.63, 3.8) is 0 Å². The second-order valence-corrected chi connectivity index (χ2v) is 13.0. The fraction of sp³-hybridized carbons (Fsp3) is 0.619. The van der Waals surface area contributed by atoms with E-state index in [1.54, 1.807) is 36.9 Å². The average Bonchev–Trinajstić information content (AvgIpc) is 3.31. The summed E-state index contributed by atoms with van der Waals surface area (Å²) in [6, 6.07) is 4.67. The third-order valence-electron chi connectivity index (χ3n) is 5.98. The van der Waals surface area contributed by atoms with E-state index in [0.29, 0.717) is 43.3 Å². The molecule has 3 rings (SSSR count). The highest BCUT2D eigenvalue weighted by molar-refractivity contribution is 7.99. The van der Waals surface area contributed by atoms with Gasteiger partial charge in [-0.1, -0.05) is 25.6 Å². The van der Waals surface area contributed by atoms with E-state index in [0.717, 1.165) is 5.52 Å². The Bertz CT molecular complexity index is 1220. The van der Waals surface area contributed by atoms with E-state index in [2.05, 4.69) is 4.98 Å². The Morgan fingerprint density at radius 2 is 1.88 bits per heavy atom. The first-order valence-electron chi connectivity index (χ1n) is 11.2. The van der Waals surface area contributed by atoms with E-state index in [1.165, 1.54) is 16.1 Å². The molecule has 2 heterocycles. The van der Waals surface area contributed by atoms with Crippen molar-refractivity contribution in [2.75, 3.05) is 36.9 Å². The molecule has 0 N–H and O–H groups in total. The Balaban J connectivity index is 1.82. The SMILES string of the molecule is CCN(C(=O)CSc1nc2cc(S(=O)(=O)N(CC)CC)ccc2n1CC)[C@@H]1CCS(=O)(=O)C1. The van der Waals surface area contributed by atoms with Gasteiger partial charge in [-0.3, -0.25) is 4.79 Å². The minimum atomic E-state index is -3.59. The molecule has 1 amide bonds. The van der Waals surface area contributed by atoms with Gasteiger partial charge in [-0.2, -0.15) is 4.31 Å². The number of aryl methyl sites for hydroxylation is 1. The molecule has 1 atom stereocenters. The lowest BCUT2D eigenvalue weighted by Crippen LogP contribution is -2.42. The lowest BCUT2D eigenvalue weighted by Gasteiger charge is -2.26. The number of amides is 1. The zero-order valence-electron chi connectivity index (χ0n) is 19.5. The zero-order valence-corrected chi connectivity index (χ0v) is 22.0. The summed E-state index contributed by atoms with van der Waals surface area (Å²) in [5, 5.41) is 0.633. The molecule has 1 aromatic carbocycles. The third-order valence-corrected chi connectivity index (χ3v) is 10.7. The third kappa shape index (κ3) is 5.39. The fourth-order valence-corrected chi connectivity index (χ4v) is 8.42. The van der Waals surface area contributed by atoms with Gasteiger partial charge < -0.3 is 9.47 Å². The number of carbonyl (C=O) groups is 1. The Hall–Kier alpha value is -1.63. The van der Waals surface area contributed by atoms with Gasteiger partial charge in [-0.25, -0.2) is 21.8 Å². The van der Waals surface area contributed by atoms with Crippen molar-refractivity contribution in [3.05, 3.63) is 18.2 Å². The summed E-state index contributed by atoms with van der Waals surface area (Å²) < 4.78 is 52.8. The van der Waals surface area contributed by atoms with Crippen LogP contribution in [0.3, 0.4) is 0 Å². The topological polar surface area (TPSA) is 110 Å². The number of thioether (sulfide) groups is 1. The van der Waals surface area contributed by atoms with Crippen molar-refractivity contribution in [2.45, 2.75) is 56.8 Å². The summed E-state index contributed by atoms with van der Waals surface area (Å²) in [5.74, 6) is 0.162. The molecular formula is C21H32N4O5S3. The molecule has 0 saturated carbocycles. The molecule has 1 aliphatic rings. The van der Waals surface area contributed by atoms with E-state index in [4.69, 9.17) is 0 Å². The molecule has 1 fully saturated rings. The maximum atomic E-state index is 12.9. The monoisotopic (exact) mass is 516 g/mol. The van der Waals surface area contributed by atoms with Crippen molar-refractivity contribution < 1.29 is 21.6 Å². The highest BCUT2D eigenvalue weighted by Crippen LogP contribution is 2.28. The molecular weight excluding hydrogens is 484 g/mol. The molecule has 0 bridgehead atoms. The highest BCUT2D eigenvalue weighted by Gasteiger charge is 2.34. The number of nitrogens with zero attached hydrogens (tertiary/aromatic N) is 4. The molecule has 0 spiro atoms. The minimum absolute atomic E-state index is 0.0223. The number of aromatic nitrogens is 2. The molecule has 33 heavy (non-hydrogen) atoms. The highest BCUT2D eigenvalue weighted by atomic mass is 32.2. The minimum Gasteiger partial charge on any atom is -0.338 e. The van der Waals surface area contributed by atoms with Gasteiger partial charge in [-0.05, 0) is 38.5 Å². The molecule has 1 aromatic heterocycles. The number of benzene rings is 1. The fourth-order valence-electron chi connectivity index (χ4n) is 4.24. The average molecular weight is 517 g/mol. The largest absolute Gasteiger partial charge is 0.338 e. The summed E-state index contributed by atoms with van der Waals surface area (Å²) in [7, 11) is -6.67. The van der Waals surface area contributed by atoms with Crippen molar-refractivity contribution >= 4 is 48.6 Å². The molecule has 0 aliphatic carbocycles. The van der Waals surface area contributed by atoms with Crippen molar-refractivity contribution in [2.24, 2.45) is 0 Å². The first-order chi connectivity index (χ1) is 15.6. The van der Waals surface area contributed by atoms with Crippen molar-refractivity contribution in [3.8, 4) is 0 Å². The van der Waals surface area contributed by atoms with Crippen LogP contribution in [-0.4, -0.2) is 84.4 Å². The first kappa shape index (κ1) is 26.0. The van der Waals surface area contributed by atoms with Crippen LogP contribution >= 0.6 is 11.8 Å². The maximum Gasteiger partial charge on any atom is 0.243 e. The Kier molecular flexibility index (Phi) is 8.13. The van der Waals surface area contributed by atoms with Gasteiger partial charge >= 0.3 is 0 Å². The Morgan fingerprint density at radius 3 is 2.42 bits per heavy atom. The van der Waals surface area contributed by atoms with Gasteiger partial charge in [-0.15, -0.1) is 0 Å². The molecule has 9 nitrogen and oxygen atoms in total. The van der Waals surface area contributed by atoms with Gasteiger partial charge in [0, 0.05) is 32.2 Å². The van der Waals surface area contributed by atoms with Crippen LogP contribution in [0.1, 0.15) is 34.1 Å². The quantitative estimate of drug-likeness (QED) is 0.445. The van der Waals surface area contributed by atoms with E-state index in [-0.39, 0.29) is 34.1 Å².